The first kappa shape index (κ1) is 20.9. The Bertz CT molecular complexity index is 916. The molecule has 0 saturated carbocycles. The summed E-state index contributed by atoms with van der Waals surface area (Å²) in [6, 6.07) is 11.7. The van der Waals surface area contributed by atoms with E-state index in [0.717, 1.165) is 39.6 Å². The zero-order chi connectivity index (χ0) is 20.8. The Kier molecular flexibility index (Phi) is 5.79. The van der Waals surface area contributed by atoms with E-state index in [4.69, 9.17) is 16.3 Å². The average Bonchev–Trinajstić information content (AvgIpc) is 3.08. The van der Waals surface area contributed by atoms with Crippen molar-refractivity contribution in [3.63, 3.8) is 0 Å². The predicted octanol–water partition coefficient (Wildman–Crippen LogP) is 2.45. The highest BCUT2D eigenvalue weighted by Gasteiger charge is 2.57. The lowest BCUT2D eigenvalue weighted by molar-refractivity contribution is -0.147. The minimum absolute atomic E-state index is 0.231. The third-order valence-electron chi connectivity index (χ3n) is 5.65. The van der Waals surface area contributed by atoms with Gasteiger partial charge in [-0.05, 0) is 40.8 Å². The Morgan fingerprint density at radius 1 is 1.17 bits per heavy atom. The Hall–Kier alpha value is -1.38. The Morgan fingerprint density at radius 3 is 2.55 bits per heavy atom. The largest absolute Gasteiger partial charge is 0.395 e. The topological polar surface area (TPSA) is 90.2 Å². The fraction of sp³-hybridized carbons (Fsp3) is 0.364. The molecule has 0 amide bonds. The lowest BCUT2D eigenvalue weighted by Crippen LogP contribution is -2.58. The molecule has 4 rings (SSSR count). The molecule has 2 aromatic carbocycles. The van der Waals surface area contributed by atoms with Crippen LogP contribution in [0.4, 0.5) is 0 Å². The predicted molar refractivity (Wildman–Crippen MR) is 114 cm³/mol. The minimum atomic E-state index is -1.43. The minimum Gasteiger partial charge on any atom is -0.395 e. The Labute approximate surface area is 178 Å². The van der Waals surface area contributed by atoms with E-state index in [1.165, 1.54) is 0 Å². The molecular weight excluding hydrogens is 412 g/mol. The van der Waals surface area contributed by atoms with Gasteiger partial charge in [-0.3, -0.25) is 0 Å². The number of hydrogen-bond acceptors (Lipinski definition) is 6. The van der Waals surface area contributed by atoms with Gasteiger partial charge in [0.05, 0.1) is 24.6 Å². The van der Waals surface area contributed by atoms with Crippen LogP contribution < -0.4 is 0 Å². The molecule has 1 fully saturated rings. The van der Waals surface area contributed by atoms with Gasteiger partial charge in [0, 0.05) is 10.6 Å². The molecule has 29 heavy (non-hydrogen) atoms. The summed E-state index contributed by atoms with van der Waals surface area (Å²) in [6.45, 7) is 3.65. The summed E-state index contributed by atoms with van der Waals surface area (Å²) in [6.07, 6.45) is -1.63. The van der Waals surface area contributed by atoms with E-state index < -0.39 is 28.5 Å². The molecule has 2 aliphatic heterocycles. The smallest absolute Gasteiger partial charge is 0.168 e. The second-order valence-electron chi connectivity index (χ2n) is 7.44. The van der Waals surface area contributed by atoms with Crippen LogP contribution in [0.25, 0.3) is 6.08 Å². The van der Waals surface area contributed by atoms with Gasteiger partial charge < -0.3 is 25.2 Å². The van der Waals surface area contributed by atoms with Crippen molar-refractivity contribution in [1.29, 1.82) is 0 Å². The standard InChI is InChI=1S/C22H23ClO5S/c1-2-12-3-5-13(6-4-12)7-14-8-16-15(9-17(14)23)11-28-22(16)21(27)20(26)19(25)18(10-24)29-22/h2-6,8-9,18-21,24-27H,1,7,10-11H2/t18-,19-,20+,21-,22+/m1/s1. The van der Waals surface area contributed by atoms with Crippen molar-refractivity contribution in [2.75, 3.05) is 6.61 Å². The van der Waals surface area contributed by atoms with Crippen LogP contribution in [-0.4, -0.2) is 50.6 Å². The summed E-state index contributed by atoms with van der Waals surface area (Å²) in [4.78, 5) is -1.26. The summed E-state index contributed by atoms with van der Waals surface area (Å²) in [5, 5.41) is 40.9. The van der Waals surface area contributed by atoms with Gasteiger partial charge in [0.1, 0.15) is 12.2 Å². The van der Waals surface area contributed by atoms with Gasteiger partial charge >= 0.3 is 0 Å². The molecule has 2 heterocycles. The van der Waals surface area contributed by atoms with Gasteiger partial charge in [0.2, 0.25) is 0 Å². The fourth-order valence-corrected chi connectivity index (χ4v) is 5.78. The fourth-order valence-electron chi connectivity index (χ4n) is 3.98. The van der Waals surface area contributed by atoms with E-state index >= 15 is 0 Å². The Balaban J connectivity index is 1.72. The zero-order valence-electron chi connectivity index (χ0n) is 15.7. The van der Waals surface area contributed by atoms with Gasteiger partial charge in [-0.1, -0.05) is 48.5 Å². The third kappa shape index (κ3) is 3.53. The molecule has 0 aliphatic carbocycles. The first-order valence-corrected chi connectivity index (χ1v) is 10.7. The number of benzene rings is 2. The summed E-state index contributed by atoms with van der Waals surface area (Å²) >= 11 is 7.66. The van der Waals surface area contributed by atoms with Crippen LogP contribution in [-0.2, 0) is 22.7 Å². The molecule has 5 atom stereocenters. The summed E-state index contributed by atoms with van der Waals surface area (Å²) in [5.41, 5.74) is 4.53. The average molecular weight is 435 g/mol. The van der Waals surface area contributed by atoms with E-state index in [0.29, 0.717) is 11.4 Å². The molecule has 5 nitrogen and oxygen atoms in total. The number of ether oxygens (including phenoxy) is 1. The van der Waals surface area contributed by atoms with Crippen molar-refractivity contribution >= 4 is 29.4 Å². The monoisotopic (exact) mass is 434 g/mol. The SMILES string of the molecule is C=Cc1ccc(Cc2cc3c(cc2Cl)CO[C@]32S[C@H](CO)[C@@H](O)[C@H](O)[C@H]2O)cc1. The number of aliphatic hydroxyl groups is 4. The van der Waals surface area contributed by atoms with Crippen molar-refractivity contribution in [3.05, 3.63) is 75.8 Å². The highest BCUT2D eigenvalue weighted by atomic mass is 35.5. The van der Waals surface area contributed by atoms with Crippen LogP contribution in [0.15, 0.2) is 43.0 Å². The molecule has 1 saturated heterocycles. The van der Waals surface area contributed by atoms with Crippen LogP contribution in [0.3, 0.4) is 0 Å². The van der Waals surface area contributed by atoms with Gasteiger partial charge in [0.15, 0.2) is 4.93 Å². The van der Waals surface area contributed by atoms with E-state index in [1.807, 2.05) is 36.4 Å². The third-order valence-corrected chi connectivity index (χ3v) is 7.66. The van der Waals surface area contributed by atoms with Gasteiger partial charge in [-0.2, -0.15) is 0 Å². The van der Waals surface area contributed by atoms with Crippen LogP contribution in [0.2, 0.25) is 5.02 Å². The van der Waals surface area contributed by atoms with Gasteiger partial charge in [0.25, 0.3) is 0 Å². The molecule has 0 unspecified atom stereocenters. The second kappa shape index (κ2) is 8.04. The van der Waals surface area contributed by atoms with Crippen molar-refractivity contribution in [3.8, 4) is 0 Å². The molecule has 0 bridgehead atoms. The number of thioether (sulfide) groups is 1. The van der Waals surface area contributed by atoms with Crippen molar-refractivity contribution in [2.24, 2.45) is 0 Å². The highest BCUT2D eigenvalue weighted by molar-refractivity contribution is 8.00. The second-order valence-corrected chi connectivity index (χ2v) is 9.30. The Morgan fingerprint density at radius 2 is 1.90 bits per heavy atom. The molecule has 1 spiro atoms. The quantitative estimate of drug-likeness (QED) is 0.591. The number of rotatable bonds is 4. The van der Waals surface area contributed by atoms with E-state index in [-0.39, 0.29) is 13.2 Å². The molecule has 2 aromatic rings. The van der Waals surface area contributed by atoms with Crippen molar-refractivity contribution < 1.29 is 25.2 Å². The van der Waals surface area contributed by atoms with Gasteiger partial charge in [-0.15, -0.1) is 11.8 Å². The molecular formula is C22H23ClO5S. The van der Waals surface area contributed by atoms with E-state index in [2.05, 4.69) is 6.58 Å². The number of hydrogen-bond donors (Lipinski definition) is 4. The van der Waals surface area contributed by atoms with Crippen LogP contribution in [0.1, 0.15) is 27.8 Å². The lowest BCUT2D eigenvalue weighted by atomic mass is 9.91. The maximum absolute atomic E-state index is 10.8. The van der Waals surface area contributed by atoms with Crippen molar-refractivity contribution in [2.45, 2.75) is 41.5 Å². The lowest BCUT2D eigenvalue weighted by Gasteiger charge is -2.45. The van der Waals surface area contributed by atoms with E-state index in [1.54, 1.807) is 6.08 Å². The number of aliphatic hydroxyl groups excluding tert-OH is 4. The zero-order valence-corrected chi connectivity index (χ0v) is 17.2. The maximum atomic E-state index is 10.8. The molecule has 4 N–H and O–H groups in total. The maximum Gasteiger partial charge on any atom is 0.168 e. The van der Waals surface area contributed by atoms with E-state index in [9.17, 15) is 20.4 Å². The molecule has 2 aliphatic rings. The molecule has 0 aromatic heterocycles. The summed E-state index contributed by atoms with van der Waals surface area (Å²) in [5.74, 6) is 0. The first-order valence-electron chi connectivity index (χ1n) is 9.39. The molecule has 154 valence electrons. The first-order chi connectivity index (χ1) is 13.9. The van der Waals surface area contributed by atoms with Crippen molar-refractivity contribution in [1.82, 2.24) is 0 Å². The normalized spacial score (nSPS) is 31.1. The number of halogens is 1. The van der Waals surface area contributed by atoms with Crippen LogP contribution in [0, 0.1) is 0 Å². The molecule has 0 radical (unpaired) electrons. The number of fused-ring (bicyclic) bond motifs is 2. The summed E-state index contributed by atoms with van der Waals surface area (Å²) < 4.78 is 5.97. The highest BCUT2D eigenvalue weighted by Crippen LogP contribution is 2.54. The van der Waals surface area contributed by atoms with Crippen LogP contribution in [0.5, 0.6) is 0 Å². The molecule has 7 heteroatoms. The summed E-state index contributed by atoms with van der Waals surface area (Å²) in [7, 11) is 0. The van der Waals surface area contributed by atoms with Gasteiger partial charge in [-0.25, -0.2) is 0 Å². The van der Waals surface area contributed by atoms with Crippen LogP contribution >= 0.6 is 23.4 Å².